The lowest BCUT2D eigenvalue weighted by Gasteiger charge is -2.07. The van der Waals surface area contributed by atoms with Gasteiger partial charge in [0.15, 0.2) is 0 Å². The molecule has 0 spiro atoms. The van der Waals surface area contributed by atoms with E-state index in [2.05, 4.69) is 0 Å². The van der Waals surface area contributed by atoms with E-state index >= 15 is 0 Å². The van der Waals surface area contributed by atoms with E-state index < -0.39 is 11.6 Å². The Morgan fingerprint density at radius 2 is 1.72 bits per heavy atom. The molecule has 0 aliphatic carbocycles. The van der Waals surface area contributed by atoms with Crippen molar-refractivity contribution >= 4 is 0 Å². The molecular formula is C14H9F2NO. The third-order valence-corrected chi connectivity index (χ3v) is 2.32. The summed E-state index contributed by atoms with van der Waals surface area (Å²) in [6.45, 7) is 0.00731. The van der Waals surface area contributed by atoms with Gasteiger partial charge in [0.05, 0.1) is 5.56 Å². The Morgan fingerprint density at radius 1 is 1.06 bits per heavy atom. The van der Waals surface area contributed by atoms with Crippen molar-refractivity contribution in [3.05, 3.63) is 65.2 Å². The molecule has 2 aromatic carbocycles. The van der Waals surface area contributed by atoms with Gasteiger partial charge in [0, 0.05) is 6.07 Å². The molecule has 18 heavy (non-hydrogen) atoms. The highest BCUT2D eigenvalue weighted by Gasteiger charge is 2.04. The molecule has 4 heteroatoms. The van der Waals surface area contributed by atoms with Crippen LogP contribution in [0, 0.1) is 23.0 Å². The van der Waals surface area contributed by atoms with Crippen molar-refractivity contribution in [2.24, 2.45) is 0 Å². The lowest BCUT2D eigenvalue weighted by Crippen LogP contribution is -1.98. The first-order valence-electron chi connectivity index (χ1n) is 5.26. The minimum atomic E-state index is -0.651. The van der Waals surface area contributed by atoms with Crippen molar-refractivity contribution in [3.8, 4) is 11.8 Å². The molecule has 0 saturated carbocycles. The normalized spacial score (nSPS) is 9.83. The Bertz CT molecular complexity index is 585. The smallest absolute Gasteiger partial charge is 0.137 e. The maximum atomic E-state index is 13.0. The topological polar surface area (TPSA) is 33.0 Å². The molecule has 2 aromatic rings. The quantitative estimate of drug-likeness (QED) is 0.830. The Balaban J connectivity index is 2.14. The van der Waals surface area contributed by atoms with E-state index in [0.29, 0.717) is 16.9 Å². The molecule has 0 saturated heterocycles. The van der Waals surface area contributed by atoms with Crippen molar-refractivity contribution in [2.45, 2.75) is 6.61 Å². The second-order valence-corrected chi connectivity index (χ2v) is 3.67. The predicted octanol–water partition coefficient (Wildman–Crippen LogP) is 3.42. The summed E-state index contributed by atoms with van der Waals surface area (Å²) < 4.78 is 31.3. The Labute approximate surface area is 103 Å². The van der Waals surface area contributed by atoms with Gasteiger partial charge in [-0.25, -0.2) is 8.78 Å². The first kappa shape index (κ1) is 12.1. The molecule has 0 unspecified atom stereocenters. The molecule has 0 heterocycles. The van der Waals surface area contributed by atoms with E-state index in [9.17, 15) is 8.78 Å². The van der Waals surface area contributed by atoms with E-state index in [-0.39, 0.29) is 6.61 Å². The van der Waals surface area contributed by atoms with Gasteiger partial charge >= 0.3 is 0 Å². The maximum absolute atomic E-state index is 13.0. The molecule has 0 bridgehead atoms. The van der Waals surface area contributed by atoms with Crippen molar-refractivity contribution in [1.29, 1.82) is 5.26 Å². The highest BCUT2D eigenvalue weighted by atomic mass is 19.1. The van der Waals surface area contributed by atoms with Gasteiger partial charge in [0.1, 0.15) is 30.1 Å². The van der Waals surface area contributed by atoms with E-state index in [1.54, 1.807) is 24.3 Å². The Hall–Kier alpha value is -2.41. The number of nitrogens with zero attached hydrogens (tertiary/aromatic N) is 1. The average molecular weight is 245 g/mol. The zero-order valence-corrected chi connectivity index (χ0v) is 9.36. The number of ether oxygens (including phenoxy) is 1. The van der Waals surface area contributed by atoms with E-state index in [4.69, 9.17) is 10.00 Å². The van der Waals surface area contributed by atoms with Crippen molar-refractivity contribution < 1.29 is 13.5 Å². The fraction of sp³-hybridized carbons (Fsp3) is 0.0714. The SMILES string of the molecule is N#Cc1ccccc1OCc1cc(F)cc(F)c1. The van der Waals surface area contributed by atoms with Crippen LogP contribution in [-0.2, 0) is 6.61 Å². The summed E-state index contributed by atoms with van der Waals surface area (Å²) >= 11 is 0. The Kier molecular flexibility index (Phi) is 3.54. The summed E-state index contributed by atoms with van der Waals surface area (Å²) in [5.74, 6) is -0.908. The highest BCUT2D eigenvalue weighted by molar-refractivity contribution is 5.42. The molecular weight excluding hydrogens is 236 g/mol. The third-order valence-electron chi connectivity index (χ3n) is 2.32. The first-order chi connectivity index (χ1) is 8.69. The Morgan fingerprint density at radius 3 is 2.39 bits per heavy atom. The first-order valence-corrected chi connectivity index (χ1v) is 5.26. The number of rotatable bonds is 3. The average Bonchev–Trinajstić information content (AvgIpc) is 2.35. The van der Waals surface area contributed by atoms with Gasteiger partial charge in [0.2, 0.25) is 0 Å². The van der Waals surface area contributed by atoms with Gasteiger partial charge in [-0.1, -0.05) is 12.1 Å². The summed E-state index contributed by atoms with van der Waals surface area (Å²) in [6.07, 6.45) is 0. The van der Waals surface area contributed by atoms with Crippen LogP contribution >= 0.6 is 0 Å². The number of para-hydroxylation sites is 1. The van der Waals surface area contributed by atoms with Crippen LogP contribution in [0.5, 0.6) is 5.75 Å². The van der Waals surface area contributed by atoms with Crippen molar-refractivity contribution in [2.75, 3.05) is 0 Å². The number of nitriles is 1. The molecule has 0 N–H and O–H groups in total. The van der Waals surface area contributed by atoms with Crippen molar-refractivity contribution in [1.82, 2.24) is 0 Å². The lowest BCUT2D eigenvalue weighted by atomic mass is 10.2. The van der Waals surface area contributed by atoms with Crippen LogP contribution in [0.4, 0.5) is 8.78 Å². The van der Waals surface area contributed by atoms with Gasteiger partial charge in [0.25, 0.3) is 0 Å². The van der Waals surface area contributed by atoms with Crippen molar-refractivity contribution in [3.63, 3.8) is 0 Å². The number of hydrogen-bond donors (Lipinski definition) is 0. The van der Waals surface area contributed by atoms with E-state index in [1.807, 2.05) is 6.07 Å². The predicted molar refractivity (Wildman–Crippen MR) is 61.8 cm³/mol. The van der Waals surface area contributed by atoms with Gasteiger partial charge in [-0.05, 0) is 29.8 Å². The molecule has 2 nitrogen and oxygen atoms in total. The van der Waals surface area contributed by atoms with Crippen LogP contribution in [0.3, 0.4) is 0 Å². The van der Waals surface area contributed by atoms with Crippen LogP contribution in [0.25, 0.3) is 0 Å². The zero-order chi connectivity index (χ0) is 13.0. The molecule has 0 aliphatic heterocycles. The van der Waals surface area contributed by atoms with Gasteiger partial charge in [-0.15, -0.1) is 0 Å². The van der Waals surface area contributed by atoms with E-state index in [0.717, 1.165) is 6.07 Å². The molecule has 0 aliphatic rings. The molecule has 0 amide bonds. The van der Waals surface area contributed by atoms with Gasteiger partial charge < -0.3 is 4.74 Å². The molecule has 0 aromatic heterocycles. The number of halogens is 2. The standard InChI is InChI=1S/C14H9F2NO/c15-12-5-10(6-13(16)7-12)9-18-14-4-2-1-3-11(14)8-17/h1-7H,9H2. The summed E-state index contributed by atoms with van der Waals surface area (Å²) in [5, 5.41) is 8.85. The molecule has 0 radical (unpaired) electrons. The highest BCUT2D eigenvalue weighted by Crippen LogP contribution is 2.18. The monoisotopic (exact) mass is 245 g/mol. The number of hydrogen-bond acceptors (Lipinski definition) is 2. The lowest BCUT2D eigenvalue weighted by molar-refractivity contribution is 0.304. The molecule has 2 rings (SSSR count). The van der Waals surface area contributed by atoms with Gasteiger partial charge in [-0.3, -0.25) is 0 Å². The summed E-state index contributed by atoms with van der Waals surface area (Å²) in [4.78, 5) is 0. The largest absolute Gasteiger partial charge is 0.488 e. The summed E-state index contributed by atoms with van der Waals surface area (Å²) in [7, 11) is 0. The fourth-order valence-electron chi connectivity index (χ4n) is 1.54. The van der Waals surface area contributed by atoms with E-state index in [1.165, 1.54) is 12.1 Å². The second-order valence-electron chi connectivity index (χ2n) is 3.67. The third kappa shape index (κ3) is 2.83. The van der Waals surface area contributed by atoms with Crippen LogP contribution in [0.15, 0.2) is 42.5 Å². The summed E-state index contributed by atoms with van der Waals surface area (Å²) in [5.41, 5.74) is 0.759. The molecule has 0 atom stereocenters. The maximum Gasteiger partial charge on any atom is 0.137 e. The minimum absolute atomic E-state index is 0.00731. The molecule has 90 valence electrons. The minimum Gasteiger partial charge on any atom is -0.488 e. The fourth-order valence-corrected chi connectivity index (χ4v) is 1.54. The molecule has 0 fully saturated rings. The van der Waals surface area contributed by atoms with Crippen LogP contribution in [0.1, 0.15) is 11.1 Å². The second kappa shape index (κ2) is 5.28. The van der Waals surface area contributed by atoms with Crippen LogP contribution in [-0.4, -0.2) is 0 Å². The van der Waals surface area contributed by atoms with Crippen LogP contribution in [0.2, 0.25) is 0 Å². The number of benzene rings is 2. The summed E-state index contributed by atoms with van der Waals surface area (Å²) in [6, 6.07) is 11.9. The zero-order valence-electron chi connectivity index (χ0n) is 9.36. The van der Waals surface area contributed by atoms with Crippen LogP contribution < -0.4 is 4.74 Å². The van der Waals surface area contributed by atoms with Gasteiger partial charge in [-0.2, -0.15) is 5.26 Å².